The molecule has 0 fully saturated rings. The van der Waals surface area contributed by atoms with E-state index in [0.717, 1.165) is 10.4 Å². The molecule has 0 unspecified atom stereocenters. The summed E-state index contributed by atoms with van der Waals surface area (Å²) in [7, 11) is 0. The first-order chi connectivity index (χ1) is 14.0. The van der Waals surface area contributed by atoms with Crippen LogP contribution in [0.2, 0.25) is 0 Å². The predicted molar refractivity (Wildman–Crippen MR) is 111 cm³/mol. The van der Waals surface area contributed by atoms with Crippen LogP contribution in [0.4, 0.5) is 9.39 Å². The van der Waals surface area contributed by atoms with E-state index in [1.165, 1.54) is 35.6 Å². The second-order valence-corrected chi connectivity index (χ2v) is 7.20. The molecular formula is C22H20FNO4S. The Labute approximate surface area is 172 Å². The Bertz CT molecular complexity index is 986. The molecule has 0 aliphatic rings. The maximum absolute atomic E-state index is 13.0. The van der Waals surface area contributed by atoms with E-state index < -0.39 is 18.0 Å². The van der Waals surface area contributed by atoms with Gasteiger partial charge in [-0.05, 0) is 49.7 Å². The number of benzene rings is 2. The Morgan fingerprint density at radius 3 is 2.45 bits per heavy atom. The molecule has 7 heteroatoms. The van der Waals surface area contributed by atoms with Gasteiger partial charge in [0, 0.05) is 4.88 Å². The van der Waals surface area contributed by atoms with E-state index in [0.29, 0.717) is 10.8 Å². The van der Waals surface area contributed by atoms with Crippen LogP contribution in [0.25, 0.3) is 10.4 Å². The zero-order valence-corrected chi connectivity index (χ0v) is 16.8. The number of carbonyl (C=O) groups is 2. The summed E-state index contributed by atoms with van der Waals surface area (Å²) in [5.41, 5.74) is 1.22. The monoisotopic (exact) mass is 413 g/mol. The molecule has 0 saturated heterocycles. The van der Waals surface area contributed by atoms with E-state index in [-0.39, 0.29) is 18.0 Å². The summed E-state index contributed by atoms with van der Waals surface area (Å²) in [6.07, 6.45) is -0.849. The molecule has 1 aromatic heterocycles. The molecule has 0 saturated carbocycles. The minimum Gasteiger partial charge on any atom is -0.481 e. The summed E-state index contributed by atoms with van der Waals surface area (Å²) in [5.74, 6) is -0.953. The lowest BCUT2D eigenvalue weighted by atomic mass is 10.1. The van der Waals surface area contributed by atoms with E-state index in [4.69, 9.17) is 9.47 Å². The van der Waals surface area contributed by atoms with Gasteiger partial charge in [0.1, 0.15) is 16.6 Å². The van der Waals surface area contributed by atoms with Gasteiger partial charge in [-0.15, -0.1) is 11.3 Å². The van der Waals surface area contributed by atoms with Gasteiger partial charge in [0.05, 0.1) is 12.2 Å². The molecule has 3 rings (SSSR count). The van der Waals surface area contributed by atoms with Crippen LogP contribution in [0.5, 0.6) is 5.75 Å². The Morgan fingerprint density at radius 1 is 1.10 bits per heavy atom. The average molecular weight is 413 g/mol. The van der Waals surface area contributed by atoms with Crippen LogP contribution in [0.15, 0.2) is 60.7 Å². The lowest BCUT2D eigenvalue weighted by Crippen LogP contribution is -2.30. The van der Waals surface area contributed by atoms with Crippen LogP contribution >= 0.6 is 11.3 Å². The first kappa shape index (κ1) is 20.5. The molecule has 1 N–H and O–H groups in total. The molecule has 0 aliphatic heterocycles. The first-order valence-corrected chi connectivity index (χ1v) is 9.89. The van der Waals surface area contributed by atoms with Crippen LogP contribution in [0, 0.1) is 5.82 Å². The van der Waals surface area contributed by atoms with Crippen LogP contribution in [-0.2, 0) is 9.53 Å². The second kappa shape index (κ2) is 9.34. The molecule has 1 atom stereocenters. The molecule has 29 heavy (non-hydrogen) atoms. The van der Waals surface area contributed by atoms with Gasteiger partial charge in [0.2, 0.25) is 0 Å². The third kappa shape index (κ3) is 5.20. The third-order valence-corrected chi connectivity index (χ3v) is 5.12. The zero-order valence-electron chi connectivity index (χ0n) is 16.0. The molecule has 0 radical (unpaired) electrons. The number of amides is 1. The second-order valence-electron chi connectivity index (χ2n) is 6.14. The number of ether oxygens (including phenoxy) is 2. The largest absolute Gasteiger partial charge is 0.481 e. The molecule has 1 heterocycles. The van der Waals surface area contributed by atoms with Crippen LogP contribution in [0.3, 0.4) is 0 Å². The van der Waals surface area contributed by atoms with Crippen molar-refractivity contribution in [1.29, 1.82) is 0 Å². The number of anilines is 1. The highest BCUT2D eigenvalue weighted by molar-refractivity contribution is 7.20. The Kier molecular flexibility index (Phi) is 6.61. The highest BCUT2D eigenvalue weighted by Gasteiger charge is 2.22. The van der Waals surface area contributed by atoms with Gasteiger partial charge in [-0.25, -0.2) is 9.18 Å². The normalized spacial score (nSPS) is 11.6. The summed E-state index contributed by atoms with van der Waals surface area (Å²) in [6, 6.07) is 16.7. The lowest BCUT2D eigenvalue weighted by molar-refractivity contribution is -0.122. The summed E-state index contributed by atoms with van der Waals surface area (Å²) in [4.78, 5) is 25.8. The summed E-state index contributed by atoms with van der Waals surface area (Å²) < 4.78 is 23.7. The molecule has 5 nitrogen and oxygen atoms in total. The zero-order chi connectivity index (χ0) is 20.8. The van der Waals surface area contributed by atoms with E-state index >= 15 is 0 Å². The van der Waals surface area contributed by atoms with Crippen LogP contribution in [0.1, 0.15) is 24.2 Å². The third-order valence-electron chi connectivity index (χ3n) is 4.02. The molecule has 3 aromatic rings. The number of hydrogen-bond acceptors (Lipinski definition) is 5. The number of rotatable bonds is 7. The van der Waals surface area contributed by atoms with Gasteiger partial charge in [0.15, 0.2) is 6.10 Å². The summed E-state index contributed by atoms with van der Waals surface area (Å²) in [5, 5.41) is 3.14. The number of esters is 1. The molecule has 2 aromatic carbocycles. The van der Waals surface area contributed by atoms with Crippen molar-refractivity contribution in [1.82, 2.24) is 0 Å². The first-order valence-electron chi connectivity index (χ1n) is 9.07. The fourth-order valence-corrected chi connectivity index (χ4v) is 3.63. The molecule has 0 bridgehead atoms. The van der Waals surface area contributed by atoms with E-state index in [1.54, 1.807) is 19.9 Å². The fourth-order valence-electron chi connectivity index (χ4n) is 2.57. The van der Waals surface area contributed by atoms with Crippen molar-refractivity contribution in [2.75, 3.05) is 11.9 Å². The molecule has 0 spiro atoms. The Balaban J connectivity index is 1.80. The van der Waals surface area contributed by atoms with Crippen molar-refractivity contribution < 1.29 is 23.5 Å². The molecular weight excluding hydrogens is 393 g/mol. The SMILES string of the molecule is CCOC(=O)c1cc(-c2ccccc2)sc1NC(=O)[C@H](C)Oc1ccc(F)cc1. The van der Waals surface area contributed by atoms with E-state index in [1.807, 2.05) is 30.3 Å². The maximum Gasteiger partial charge on any atom is 0.341 e. The van der Waals surface area contributed by atoms with Crippen molar-refractivity contribution in [3.63, 3.8) is 0 Å². The number of carbonyl (C=O) groups excluding carboxylic acids is 2. The topological polar surface area (TPSA) is 64.6 Å². The van der Waals surface area contributed by atoms with Gasteiger partial charge in [-0.3, -0.25) is 4.79 Å². The van der Waals surface area contributed by atoms with Gasteiger partial charge in [-0.2, -0.15) is 0 Å². The Hall–Kier alpha value is -3.19. The quantitative estimate of drug-likeness (QED) is 0.545. The maximum atomic E-state index is 13.0. The van der Waals surface area contributed by atoms with Gasteiger partial charge >= 0.3 is 5.97 Å². The van der Waals surface area contributed by atoms with Gasteiger partial charge < -0.3 is 14.8 Å². The number of halogens is 1. The fraction of sp³-hybridized carbons (Fsp3) is 0.182. The smallest absolute Gasteiger partial charge is 0.341 e. The minimum absolute atomic E-state index is 0.229. The van der Waals surface area contributed by atoms with Crippen molar-refractivity contribution in [3.8, 4) is 16.2 Å². The van der Waals surface area contributed by atoms with E-state index in [9.17, 15) is 14.0 Å². The van der Waals surface area contributed by atoms with Crippen molar-refractivity contribution in [2.45, 2.75) is 20.0 Å². The number of nitrogens with one attached hydrogen (secondary N) is 1. The predicted octanol–water partition coefficient (Wildman–Crippen LogP) is 5.14. The summed E-state index contributed by atoms with van der Waals surface area (Å²) in [6.45, 7) is 3.53. The van der Waals surface area contributed by atoms with Crippen LogP contribution < -0.4 is 10.1 Å². The van der Waals surface area contributed by atoms with Crippen molar-refractivity contribution >= 4 is 28.2 Å². The summed E-state index contributed by atoms with van der Waals surface area (Å²) >= 11 is 1.28. The molecule has 1 amide bonds. The Morgan fingerprint density at radius 2 is 1.79 bits per heavy atom. The number of thiophene rings is 1. The standard InChI is InChI=1S/C22H20FNO4S/c1-3-27-22(26)18-13-19(15-7-5-4-6-8-15)29-21(18)24-20(25)14(2)28-17-11-9-16(23)10-12-17/h4-14H,3H2,1-2H3,(H,24,25)/t14-/m0/s1. The molecule has 0 aliphatic carbocycles. The van der Waals surface area contributed by atoms with Gasteiger partial charge in [-0.1, -0.05) is 30.3 Å². The average Bonchev–Trinajstić information content (AvgIpc) is 3.14. The highest BCUT2D eigenvalue weighted by Crippen LogP contribution is 2.36. The lowest BCUT2D eigenvalue weighted by Gasteiger charge is -2.14. The van der Waals surface area contributed by atoms with E-state index in [2.05, 4.69) is 5.32 Å². The minimum atomic E-state index is -0.849. The molecule has 150 valence electrons. The van der Waals surface area contributed by atoms with Crippen molar-refractivity contribution in [2.24, 2.45) is 0 Å². The van der Waals surface area contributed by atoms with Crippen molar-refractivity contribution in [3.05, 3.63) is 72.0 Å². The van der Waals surface area contributed by atoms with Gasteiger partial charge in [0.25, 0.3) is 5.91 Å². The number of hydrogen-bond donors (Lipinski definition) is 1. The highest BCUT2D eigenvalue weighted by atomic mass is 32.1. The van der Waals surface area contributed by atoms with Crippen LogP contribution in [-0.4, -0.2) is 24.6 Å².